The second-order valence-electron chi connectivity index (χ2n) is 8.61. The summed E-state index contributed by atoms with van der Waals surface area (Å²) in [6, 6.07) is 13.0. The quantitative estimate of drug-likeness (QED) is 0.615. The Bertz CT molecular complexity index is 1180. The first-order valence-corrected chi connectivity index (χ1v) is 10.9. The highest BCUT2D eigenvalue weighted by atomic mass is 19.4. The van der Waals surface area contributed by atoms with E-state index in [0.29, 0.717) is 31.5 Å². The second-order valence-corrected chi connectivity index (χ2v) is 8.61. The summed E-state index contributed by atoms with van der Waals surface area (Å²) in [6.45, 7) is 0.741. The number of piperidine rings is 1. The van der Waals surface area contributed by atoms with Gasteiger partial charge in [-0.05, 0) is 36.1 Å². The van der Waals surface area contributed by atoms with E-state index in [4.69, 9.17) is 5.73 Å². The molecule has 1 aliphatic rings. The number of halogens is 3. The number of carbonyl (C=O) groups is 2. The fraction of sp³-hybridized carbons (Fsp3) is 0.360. The van der Waals surface area contributed by atoms with Crippen molar-refractivity contribution in [1.29, 1.82) is 0 Å². The number of rotatable bonds is 5. The Balaban J connectivity index is 1.74. The zero-order valence-corrected chi connectivity index (χ0v) is 18.3. The Labute approximate surface area is 190 Å². The number of nitrogens with zero attached hydrogens (tertiary/aromatic N) is 2. The van der Waals surface area contributed by atoms with Crippen LogP contribution in [0.3, 0.4) is 0 Å². The van der Waals surface area contributed by atoms with Crippen molar-refractivity contribution in [2.24, 2.45) is 18.7 Å². The van der Waals surface area contributed by atoms with Crippen LogP contribution in [0.2, 0.25) is 0 Å². The molecule has 2 N–H and O–H groups in total. The van der Waals surface area contributed by atoms with Gasteiger partial charge >= 0.3 is 6.18 Å². The van der Waals surface area contributed by atoms with Crippen LogP contribution in [0.15, 0.2) is 54.7 Å². The third kappa shape index (κ3) is 4.60. The van der Waals surface area contributed by atoms with Crippen molar-refractivity contribution in [3.05, 3.63) is 71.4 Å². The minimum absolute atomic E-state index is 0.0849. The average Bonchev–Trinajstić information content (AvgIpc) is 3.13. The van der Waals surface area contributed by atoms with E-state index in [1.165, 1.54) is 12.1 Å². The number of benzene rings is 2. The molecule has 1 fully saturated rings. The molecule has 33 heavy (non-hydrogen) atoms. The van der Waals surface area contributed by atoms with Crippen LogP contribution < -0.4 is 5.73 Å². The van der Waals surface area contributed by atoms with Gasteiger partial charge in [0.15, 0.2) is 0 Å². The zero-order valence-electron chi connectivity index (χ0n) is 18.3. The Kier molecular flexibility index (Phi) is 6.19. The number of para-hydroxylation sites is 1. The summed E-state index contributed by atoms with van der Waals surface area (Å²) in [5, 5.41) is 0.821. The lowest BCUT2D eigenvalue weighted by molar-refractivity contribution is -0.139. The number of likely N-dealkylation sites (tertiary alicyclic amines) is 1. The lowest BCUT2D eigenvalue weighted by Crippen LogP contribution is -2.42. The summed E-state index contributed by atoms with van der Waals surface area (Å²) in [6.07, 6.45) is -1.88. The lowest BCUT2D eigenvalue weighted by atomic mass is 9.84. The molecule has 0 saturated carbocycles. The normalized spacial score (nSPS) is 16.2. The molecule has 1 saturated heterocycles. The molecule has 1 aromatic heterocycles. The van der Waals surface area contributed by atoms with Gasteiger partial charge in [0.1, 0.15) is 0 Å². The average molecular weight is 457 g/mol. The van der Waals surface area contributed by atoms with Gasteiger partial charge in [0.05, 0.1) is 5.56 Å². The lowest BCUT2D eigenvalue weighted by Gasteiger charge is -2.32. The molecule has 5 nitrogen and oxygen atoms in total. The smallest absolute Gasteiger partial charge is 0.369 e. The first-order valence-electron chi connectivity index (χ1n) is 10.9. The molecule has 2 aromatic carbocycles. The number of fused-ring (bicyclic) bond motifs is 1. The number of aromatic nitrogens is 1. The number of nitrogens with two attached hydrogens (primary N) is 1. The third-order valence-corrected chi connectivity index (χ3v) is 6.57. The number of hydrogen-bond donors (Lipinski definition) is 1. The molecule has 2 amide bonds. The number of carbonyl (C=O) groups excluding carboxylic acids is 2. The van der Waals surface area contributed by atoms with E-state index >= 15 is 0 Å². The second kappa shape index (κ2) is 8.92. The van der Waals surface area contributed by atoms with Crippen LogP contribution in [0, 0.1) is 5.92 Å². The summed E-state index contributed by atoms with van der Waals surface area (Å²) in [5.41, 5.74) is 6.31. The molecule has 3 aromatic rings. The summed E-state index contributed by atoms with van der Waals surface area (Å²) in [7, 11) is 1.84. The van der Waals surface area contributed by atoms with Crippen LogP contribution in [0.25, 0.3) is 10.9 Å². The van der Waals surface area contributed by atoms with Gasteiger partial charge < -0.3 is 15.2 Å². The van der Waals surface area contributed by atoms with Crippen molar-refractivity contribution in [3.8, 4) is 0 Å². The molecule has 1 aliphatic heterocycles. The van der Waals surface area contributed by atoms with Crippen LogP contribution in [0.1, 0.15) is 41.9 Å². The van der Waals surface area contributed by atoms with Gasteiger partial charge in [-0.3, -0.25) is 9.59 Å². The molecule has 0 radical (unpaired) electrons. The summed E-state index contributed by atoms with van der Waals surface area (Å²) in [4.78, 5) is 26.3. The standard InChI is InChI=1S/C25H26F3N3O2/c1-30-15-20(18-7-3-5-9-22(18)30)19(17-6-2-4-8-21(17)25(26,27)28)14-23(32)31-12-10-16(11-13-31)24(29)33/h2-9,15-16,19H,10-14H2,1H3,(H2,29,33). The van der Waals surface area contributed by atoms with Crippen LogP contribution in [-0.4, -0.2) is 34.4 Å². The summed E-state index contributed by atoms with van der Waals surface area (Å²) in [5.74, 6) is -1.65. The Morgan fingerprint density at radius 1 is 1.03 bits per heavy atom. The first kappa shape index (κ1) is 22.9. The van der Waals surface area contributed by atoms with Crippen molar-refractivity contribution in [3.63, 3.8) is 0 Å². The molecule has 2 heterocycles. The maximum Gasteiger partial charge on any atom is 0.416 e. The van der Waals surface area contributed by atoms with Crippen LogP contribution in [0.5, 0.6) is 0 Å². The number of hydrogen-bond acceptors (Lipinski definition) is 2. The molecule has 174 valence electrons. The molecular weight excluding hydrogens is 431 g/mol. The Hall–Kier alpha value is -3.29. The van der Waals surface area contributed by atoms with E-state index in [1.807, 2.05) is 42.1 Å². The monoisotopic (exact) mass is 457 g/mol. The van der Waals surface area contributed by atoms with Crippen molar-refractivity contribution < 1.29 is 22.8 Å². The summed E-state index contributed by atoms with van der Waals surface area (Å²) >= 11 is 0. The zero-order chi connectivity index (χ0) is 23.8. The molecule has 1 unspecified atom stereocenters. The van der Waals surface area contributed by atoms with Gasteiger partial charge in [-0.1, -0.05) is 36.4 Å². The maximum atomic E-state index is 13.9. The summed E-state index contributed by atoms with van der Waals surface area (Å²) < 4.78 is 43.6. The minimum Gasteiger partial charge on any atom is -0.369 e. The van der Waals surface area contributed by atoms with E-state index < -0.39 is 17.7 Å². The van der Waals surface area contributed by atoms with E-state index in [1.54, 1.807) is 11.0 Å². The predicted molar refractivity (Wildman–Crippen MR) is 119 cm³/mol. The molecule has 0 spiro atoms. The van der Waals surface area contributed by atoms with Gasteiger partial charge in [0.2, 0.25) is 11.8 Å². The van der Waals surface area contributed by atoms with E-state index in [9.17, 15) is 22.8 Å². The molecule has 0 aliphatic carbocycles. The Morgan fingerprint density at radius 3 is 2.33 bits per heavy atom. The fourth-order valence-corrected chi connectivity index (χ4v) is 4.81. The van der Waals surface area contributed by atoms with Crippen LogP contribution in [0.4, 0.5) is 13.2 Å². The van der Waals surface area contributed by atoms with Crippen molar-refractivity contribution in [2.45, 2.75) is 31.4 Å². The van der Waals surface area contributed by atoms with Gasteiger partial charge in [0.25, 0.3) is 0 Å². The predicted octanol–water partition coefficient (Wildman–Crippen LogP) is 4.44. The van der Waals surface area contributed by atoms with E-state index in [-0.39, 0.29) is 29.7 Å². The largest absolute Gasteiger partial charge is 0.416 e. The highest BCUT2D eigenvalue weighted by Crippen LogP contribution is 2.41. The van der Waals surface area contributed by atoms with Crippen molar-refractivity contribution in [1.82, 2.24) is 9.47 Å². The number of aryl methyl sites for hydroxylation is 1. The maximum absolute atomic E-state index is 13.9. The van der Waals surface area contributed by atoms with Gasteiger partial charge in [-0.15, -0.1) is 0 Å². The number of primary amides is 1. The Morgan fingerprint density at radius 2 is 1.67 bits per heavy atom. The molecule has 8 heteroatoms. The topological polar surface area (TPSA) is 68.3 Å². The van der Waals surface area contributed by atoms with E-state index in [0.717, 1.165) is 17.0 Å². The van der Waals surface area contributed by atoms with Gasteiger partial charge in [0, 0.05) is 55.5 Å². The molecule has 0 bridgehead atoms. The molecule has 1 atom stereocenters. The molecule has 4 rings (SSSR count). The van der Waals surface area contributed by atoms with Gasteiger partial charge in [-0.2, -0.15) is 13.2 Å². The van der Waals surface area contributed by atoms with Crippen LogP contribution in [-0.2, 0) is 22.8 Å². The van der Waals surface area contributed by atoms with Gasteiger partial charge in [-0.25, -0.2) is 0 Å². The SMILES string of the molecule is Cn1cc(C(CC(=O)N2CCC(C(N)=O)CC2)c2ccccc2C(F)(F)F)c2ccccc21. The highest BCUT2D eigenvalue weighted by Gasteiger charge is 2.37. The van der Waals surface area contributed by atoms with Crippen LogP contribution >= 0.6 is 0 Å². The van der Waals surface area contributed by atoms with Crippen molar-refractivity contribution >= 4 is 22.7 Å². The van der Waals surface area contributed by atoms with Crippen molar-refractivity contribution in [2.75, 3.05) is 13.1 Å². The number of alkyl halides is 3. The van der Waals surface area contributed by atoms with E-state index in [2.05, 4.69) is 0 Å². The third-order valence-electron chi connectivity index (χ3n) is 6.57. The minimum atomic E-state index is -4.54. The number of amides is 2. The first-order chi connectivity index (χ1) is 15.7. The highest BCUT2D eigenvalue weighted by molar-refractivity contribution is 5.87. The molecular formula is C25H26F3N3O2. The fourth-order valence-electron chi connectivity index (χ4n) is 4.81.